The van der Waals surface area contributed by atoms with Gasteiger partial charge in [0.25, 0.3) is 11.5 Å². The molecule has 3 fully saturated rings. The quantitative estimate of drug-likeness (QED) is 0.302. The van der Waals surface area contributed by atoms with E-state index in [2.05, 4.69) is 4.90 Å². The maximum Gasteiger partial charge on any atom is 0.303 e. The zero-order valence-corrected chi connectivity index (χ0v) is 21.9. The van der Waals surface area contributed by atoms with E-state index in [0.29, 0.717) is 91.2 Å². The third-order valence-electron chi connectivity index (χ3n) is 6.81. The van der Waals surface area contributed by atoms with Gasteiger partial charge in [0.05, 0.1) is 23.7 Å². The number of rotatable bonds is 8. The zero-order chi connectivity index (χ0) is 26.0. The van der Waals surface area contributed by atoms with Gasteiger partial charge in [-0.25, -0.2) is 4.98 Å². The monoisotopic (exact) mass is 544 g/mol. The van der Waals surface area contributed by atoms with E-state index in [1.165, 1.54) is 21.1 Å². The van der Waals surface area contributed by atoms with E-state index in [-0.39, 0.29) is 17.9 Å². The number of aromatic nitrogens is 2. The van der Waals surface area contributed by atoms with Gasteiger partial charge >= 0.3 is 5.97 Å². The summed E-state index contributed by atoms with van der Waals surface area (Å²) < 4.78 is 13.6. The number of amides is 1. The van der Waals surface area contributed by atoms with Crippen molar-refractivity contribution in [2.75, 3.05) is 37.7 Å². The zero-order valence-electron chi connectivity index (χ0n) is 20.3. The van der Waals surface area contributed by atoms with Crippen molar-refractivity contribution in [2.24, 2.45) is 0 Å². The maximum absolute atomic E-state index is 13.6. The second-order valence-corrected chi connectivity index (χ2v) is 10.9. The van der Waals surface area contributed by atoms with Crippen LogP contribution in [0, 0.1) is 0 Å². The molecule has 10 nitrogen and oxygen atoms in total. The second-order valence-electron chi connectivity index (χ2n) is 9.22. The van der Waals surface area contributed by atoms with Crippen LogP contribution in [0.4, 0.5) is 5.82 Å². The van der Waals surface area contributed by atoms with E-state index >= 15 is 0 Å². The van der Waals surface area contributed by atoms with E-state index in [1.807, 2.05) is 6.07 Å². The first-order chi connectivity index (χ1) is 17.9. The van der Waals surface area contributed by atoms with Crippen LogP contribution in [0.5, 0.6) is 0 Å². The number of nitrogens with zero attached hydrogens (tertiary/aromatic N) is 4. The van der Waals surface area contributed by atoms with Crippen LogP contribution >= 0.6 is 24.0 Å². The SMILES string of the molecule is O=C(O)CCCCCN1C(=O)/C(=C\c2c(N3CCC4(CC3)OCCO4)nc3ccccn3c2=O)SC1=S. The fraction of sp³-hybridized carbons (Fsp3) is 0.480. The molecule has 0 atom stereocenters. The Bertz CT molecular complexity index is 1310. The lowest BCUT2D eigenvalue weighted by Crippen LogP contribution is -2.46. The molecule has 0 radical (unpaired) electrons. The van der Waals surface area contributed by atoms with Crippen molar-refractivity contribution < 1.29 is 24.2 Å². The predicted octanol–water partition coefficient (Wildman–Crippen LogP) is 2.88. The van der Waals surface area contributed by atoms with Crippen molar-refractivity contribution in [2.45, 2.75) is 44.3 Å². The Morgan fingerprint density at radius 3 is 2.65 bits per heavy atom. The van der Waals surface area contributed by atoms with Crippen LogP contribution in [0.1, 0.15) is 44.1 Å². The Hall–Kier alpha value is -2.80. The normalized spacial score (nSPS) is 20.6. The van der Waals surface area contributed by atoms with Gasteiger partial charge in [0, 0.05) is 45.1 Å². The summed E-state index contributed by atoms with van der Waals surface area (Å²) in [7, 11) is 0. The summed E-state index contributed by atoms with van der Waals surface area (Å²) in [5, 5.41) is 8.80. The van der Waals surface area contributed by atoms with Gasteiger partial charge in [0.1, 0.15) is 15.8 Å². The summed E-state index contributed by atoms with van der Waals surface area (Å²) in [5.74, 6) is -1.10. The summed E-state index contributed by atoms with van der Waals surface area (Å²) in [4.78, 5) is 46.3. The van der Waals surface area contributed by atoms with Crippen molar-refractivity contribution in [1.29, 1.82) is 0 Å². The Kier molecular flexibility index (Phi) is 7.61. The van der Waals surface area contributed by atoms with Crippen LogP contribution in [0.15, 0.2) is 34.1 Å². The summed E-state index contributed by atoms with van der Waals surface area (Å²) in [6, 6.07) is 5.38. The summed E-state index contributed by atoms with van der Waals surface area (Å²) in [6.45, 7) is 2.79. The highest BCUT2D eigenvalue weighted by Gasteiger charge is 2.41. The number of anilines is 1. The highest BCUT2D eigenvalue weighted by atomic mass is 32.2. The summed E-state index contributed by atoms with van der Waals surface area (Å²) in [6.07, 6.45) is 6.59. The highest BCUT2D eigenvalue weighted by Crippen LogP contribution is 2.36. The molecule has 1 N–H and O–H groups in total. The van der Waals surface area contributed by atoms with E-state index in [0.717, 1.165) is 0 Å². The van der Waals surface area contributed by atoms with Gasteiger partial charge in [0.15, 0.2) is 5.79 Å². The number of carboxylic acid groups (broad SMARTS) is 1. The predicted molar refractivity (Wildman–Crippen MR) is 144 cm³/mol. The Morgan fingerprint density at radius 1 is 1.16 bits per heavy atom. The minimum absolute atomic E-state index is 0.107. The Morgan fingerprint density at radius 2 is 1.92 bits per heavy atom. The number of hydrogen-bond donors (Lipinski definition) is 1. The number of aliphatic carboxylic acids is 1. The average molecular weight is 545 g/mol. The lowest BCUT2D eigenvalue weighted by atomic mass is 10.0. The topological polar surface area (TPSA) is 114 Å². The van der Waals surface area contributed by atoms with Crippen molar-refractivity contribution in [3.63, 3.8) is 0 Å². The van der Waals surface area contributed by atoms with Crippen molar-refractivity contribution in [3.05, 3.63) is 45.2 Å². The first kappa shape index (κ1) is 25.8. The minimum Gasteiger partial charge on any atom is -0.481 e. The number of carboxylic acids is 1. The lowest BCUT2D eigenvalue weighted by molar-refractivity contribution is -0.169. The molecule has 1 spiro atoms. The lowest BCUT2D eigenvalue weighted by Gasteiger charge is -2.38. The molecule has 0 unspecified atom stereocenters. The van der Waals surface area contributed by atoms with Crippen molar-refractivity contribution in [3.8, 4) is 0 Å². The van der Waals surface area contributed by atoms with Gasteiger partial charge in [-0.15, -0.1) is 0 Å². The van der Waals surface area contributed by atoms with Gasteiger partial charge in [-0.1, -0.05) is 36.5 Å². The molecule has 3 saturated heterocycles. The number of fused-ring (bicyclic) bond motifs is 1. The molecule has 5 heterocycles. The molecule has 3 aliphatic heterocycles. The van der Waals surface area contributed by atoms with Gasteiger partial charge in [-0.2, -0.15) is 0 Å². The van der Waals surface area contributed by atoms with Crippen LogP contribution in [-0.4, -0.2) is 74.2 Å². The molecule has 3 aliphatic rings. The van der Waals surface area contributed by atoms with Gasteiger partial charge in [-0.3, -0.25) is 23.7 Å². The third kappa shape index (κ3) is 5.42. The summed E-state index contributed by atoms with van der Waals surface area (Å²) >= 11 is 6.62. The summed E-state index contributed by atoms with van der Waals surface area (Å²) in [5.41, 5.74) is 0.616. The molecule has 12 heteroatoms. The van der Waals surface area contributed by atoms with Crippen LogP contribution in [0.2, 0.25) is 0 Å². The van der Waals surface area contributed by atoms with E-state index in [1.54, 1.807) is 24.4 Å². The van der Waals surface area contributed by atoms with Crippen LogP contribution in [0.3, 0.4) is 0 Å². The van der Waals surface area contributed by atoms with Crippen LogP contribution < -0.4 is 10.5 Å². The molecular weight excluding hydrogens is 516 g/mol. The van der Waals surface area contributed by atoms with Crippen molar-refractivity contribution in [1.82, 2.24) is 14.3 Å². The van der Waals surface area contributed by atoms with E-state index in [4.69, 9.17) is 31.8 Å². The molecule has 0 saturated carbocycles. The fourth-order valence-electron chi connectivity index (χ4n) is 4.85. The number of unbranched alkanes of at least 4 members (excludes halogenated alkanes) is 2. The number of ether oxygens (including phenoxy) is 2. The van der Waals surface area contributed by atoms with Crippen LogP contribution in [0.25, 0.3) is 11.7 Å². The molecule has 37 heavy (non-hydrogen) atoms. The molecule has 2 aromatic rings. The largest absolute Gasteiger partial charge is 0.481 e. The van der Waals surface area contributed by atoms with Gasteiger partial charge in [-0.05, 0) is 31.1 Å². The molecule has 2 aromatic heterocycles. The number of thioether (sulfide) groups is 1. The van der Waals surface area contributed by atoms with Gasteiger partial charge < -0.3 is 19.5 Å². The molecule has 5 rings (SSSR count). The number of thiocarbonyl (C=S) groups is 1. The number of carbonyl (C=O) groups excluding carboxylic acids is 1. The standard InChI is InChI=1S/C25H28N4O6S2/c30-20(31)7-2-1-4-11-29-23(33)18(37-24(29)36)16-17-21(26-19-6-3-5-10-28(19)22(17)32)27-12-8-25(9-13-27)34-14-15-35-25/h3,5-6,10,16H,1-2,4,7-9,11-15H2,(H,30,31)/b18-16+. The van der Waals surface area contributed by atoms with E-state index in [9.17, 15) is 14.4 Å². The van der Waals surface area contributed by atoms with Gasteiger partial charge in [0.2, 0.25) is 0 Å². The smallest absolute Gasteiger partial charge is 0.303 e. The molecule has 196 valence electrons. The Labute approximate surface area is 223 Å². The number of carbonyl (C=O) groups is 2. The Balaban J connectivity index is 1.41. The number of piperidine rings is 1. The molecular formula is C25H28N4O6S2. The fourth-order valence-corrected chi connectivity index (χ4v) is 6.14. The average Bonchev–Trinajstić information content (AvgIpc) is 3.45. The molecule has 0 bridgehead atoms. The first-order valence-corrected chi connectivity index (χ1v) is 13.6. The van der Waals surface area contributed by atoms with Crippen LogP contribution in [-0.2, 0) is 19.1 Å². The second kappa shape index (κ2) is 10.9. The first-order valence-electron chi connectivity index (χ1n) is 12.4. The molecule has 1 amide bonds. The molecule has 0 aromatic carbocycles. The number of hydrogen-bond acceptors (Lipinski definition) is 9. The molecule has 0 aliphatic carbocycles. The van der Waals surface area contributed by atoms with Crippen molar-refractivity contribution >= 4 is 57.7 Å². The van der Waals surface area contributed by atoms with E-state index < -0.39 is 11.8 Å². The highest BCUT2D eigenvalue weighted by molar-refractivity contribution is 8.26. The third-order valence-corrected chi connectivity index (χ3v) is 8.19. The minimum atomic E-state index is -0.827. The number of pyridine rings is 1. The maximum atomic E-state index is 13.6.